The van der Waals surface area contributed by atoms with Crippen molar-refractivity contribution < 1.29 is 18.3 Å². The highest BCUT2D eigenvalue weighted by molar-refractivity contribution is 6.29. The highest BCUT2D eigenvalue weighted by Crippen LogP contribution is 2.39. The van der Waals surface area contributed by atoms with Crippen LogP contribution in [-0.2, 0) is 4.79 Å². The summed E-state index contributed by atoms with van der Waals surface area (Å²) in [6.07, 6.45) is -0.572. The van der Waals surface area contributed by atoms with Crippen LogP contribution in [0.15, 0.2) is 6.07 Å². The van der Waals surface area contributed by atoms with E-state index in [1.807, 2.05) is 0 Å². The van der Waals surface area contributed by atoms with E-state index in [2.05, 4.69) is 15.3 Å². The standard InChI is InChI=1S/C11H12ClF2N3O2/c1-19-8-4-7(12)15-10(16-8)17-9(18)6-2-3-11(13,14)5-6/h4,6H,2-3,5H2,1H3,(H,15,16,17,18). The predicted octanol–water partition coefficient (Wildman–Crippen LogP) is 2.51. The predicted molar refractivity (Wildman–Crippen MR) is 64.5 cm³/mol. The molecule has 8 heteroatoms. The van der Waals surface area contributed by atoms with Crippen molar-refractivity contribution in [1.29, 1.82) is 0 Å². The van der Waals surface area contributed by atoms with E-state index >= 15 is 0 Å². The molecule has 0 radical (unpaired) electrons. The van der Waals surface area contributed by atoms with Crippen molar-refractivity contribution in [3.8, 4) is 5.88 Å². The number of carbonyl (C=O) groups excluding carboxylic acids is 1. The first-order chi connectivity index (χ1) is 8.89. The summed E-state index contributed by atoms with van der Waals surface area (Å²) in [4.78, 5) is 19.5. The number of nitrogens with zero attached hydrogens (tertiary/aromatic N) is 2. The van der Waals surface area contributed by atoms with Crippen LogP contribution in [0.3, 0.4) is 0 Å². The Hall–Kier alpha value is -1.50. The second-order valence-electron chi connectivity index (χ2n) is 4.34. The number of carbonyl (C=O) groups is 1. The van der Waals surface area contributed by atoms with E-state index in [-0.39, 0.29) is 29.8 Å². The number of rotatable bonds is 3. The van der Waals surface area contributed by atoms with E-state index < -0.39 is 24.2 Å². The number of ether oxygens (including phenoxy) is 1. The summed E-state index contributed by atoms with van der Waals surface area (Å²) in [5, 5.41) is 2.47. The number of hydrogen-bond acceptors (Lipinski definition) is 4. The molecule has 19 heavy (non-hydrogen) atoms. The van der Waals surface area contributed by atoms with Gasteiger partial charge in [0.1, 0.15) is 5.15 Å². The normalized spacial score (nSPS) is 21.2. The lowest BCUT2D eigenvalue weighted by atomic mass is 10.1. The van der Waals surface area contributed by atoms with E-state index in [4.69, 9.17) is 16.3 Å². The molecule has 0 aliphatic heterocycles. The van der Waals surface area contributed by atoms with Crippen LogP contribution in [0.4, 0.5) is 14.7 Å². The molecule has 1 aromatic heterocycles. The van der Waals surface area contributed by atoms with Crippen molar-refractivity contribution in [3.63, 3.8) is 0 Å². The van der Waals surface area contributed by atoms with Gasteiger partial charge >= 0.3 is 0 Å². The van der Waals surface area contributed by atoms with Gasteiger partial charge in [-0.05, 0) is 6.42 Å². The quantitative estimate of drug-likeness (QED) is 0.869. The first-order valence-corrected chi connectivity index (χ1v) is 6.05. The van der Waals surface area contributed by atoms with Gasteiger partial charge in [0.25, 0.3) is 0 Å². The maximum atomic E-state index is 13.0. The number of methoxy groups -OCH3 is 1. The van der Waals surface area contributed by atoms with Crippen LogP contribution in [-0.4, -0.2) is 28.9 Å². The molecule has 5 nitrogen and oxygen atoms in total. The number of hydrogen-bond donors (Lipinski definition) is 1. The highest BCUT2D eigenvalue weighted by atomic mass is 35.5. The zero-order chi connectivity index (χ0) is 14.0. The molecule has 0 aromatic carbocycles. The maximum absolute atomic E-state index is 13.0. The summed E-state index contributed by atoms with van der Waals surface area (Å²) in [5.41, 5.74) is 0. The van der Waals surface area contributed by atoms with Crippen LogP contribution in [0.1, 0.15) is 19.3 Å². The summed E-state index contributed by atoms with van der Waals surface area (Å²) in [7, 11) is 1.39. The largest absolute Gasteiger partial charge is 0.481 e. The minimum absolute atomic E-state index is 0.0513. The van der Waals surface area contributed by atoms with E-state index in [0.717, 1.165) is 0 Å². The van der Waals surface area contributed by atoms with Crippen molar-refractivity contribution >= 4 is 23.5 Å². The van der Waals surface area contributed by atoms with Gasteiger partial charge in [-0.3, -0.25) is 10.1 Å². The Kier molecular flexibility index (Phi) is 3.84. The Morgan fingerprint density at radius 2 is 2.32 bits per heavy atom. The minimum atomic E-state index is -2.77. The minimum Gasteiger partial charge on any atom is -0.481 e. The zero-order valence-electron chi connectivity index (χ0n) is 10.1. The van der Waals surface area contributed by atoms with Crippen LogP contribution >= 0.6 is 11.6 Å². The Balaban J connectivity index is 2.05. The van der Waals surface area contributed by atoms with Gasteiger partial charge in [0, 0.05) is 24.8 Å². The van der Waals surface area contributed by atoms with E-state index in [0.29, 0.717) is 0 Å². The summed E-state index contributed by atoms with van der Waals surface area (Å²) >= 11 is 5.71. The van der Waals surface area contributed by atoms with E-state index in [9.17, 15) is 13.6 Å². The van der Waals surface area contributed by atoms with Crippen molar-refractivity contribution in [2.45, 2.75) is 25.2 Å². The fraction of sp³-hybridized carbons (Fsp3) is 0.545. The molecule has 1 atom stereocenters. The van der Waals surface area contributed by atoms with Gasteiger partial charge < -0.3 is 4.74 Å². The Morgan fingerprint density at radius 1 is 1.58 bits per heavy atom. The average molecular weight is 292 g/mol. The number of nitrogens with one attached hydrogen (secondary N) is 1. The molecule has 1 aliphatic carbocycles. The lowest BCUT2D eigenvalue weighted by Crippen LogP contribution is -2.23. The summed E-state index contributed by atoms with van der Waals surface area (Å²) < 4.78 is 30.9. The molecular weight excluding hydrogens is 280 g/mol. The van der Waals surface area contributed by atoms with Gasteiger partial charge in [-0.1, -0.05) is 11.6 Å². The summed E-state index contributed by atoms with van der Waals surface area (Å²) in [6, 6.07) is 1.38. The van der Waals surface area contributed by atoms with Crippen LogP contribution < -0.4 is 10.1 Å². The highest BCUT2D eigenvalue weighted by Gasteiger charge is 2.42. The maximum Gasteiger partial charge on any atom is 0.248 e. The van der Waals surface area contributed by atoms with Gasteiger partial charge in [0.05, 0.1) is 7.11 Å². The van der Waals surface area contributed by atoms with Crippen molar-refractivity contribution in [2.24, 2.45) is 5.92 Å². The molecule has 1 fully saturated rings. The fourth-order valence-corrected chi connectivity index (χ4v) is 2.12. The van der Waals surface area contributed by atoms with Gasteiger partial charge in [-0.2, -0.15) is 4.98 Å². The third kappa shape index (κ3) is 3.50. The van der Waals surface area contributed by atoms with Crippen molar-refractivity contribution in [1.82, 2.24) is 9.97 Å². The van der Waals surface area contributed by atoms with Crippen LogP contribution in [0.25, 0.3) is 0 Å². The molecule has 1 unspecified atom stereocenters. The van der Waals surface area contributed by atoms with Crippen LogP contribution in [0.2, 0.25) is 5.15 Å². The molecule has 1 N–H and O–H groups in total. The van der Waals surface area contributed by atoms with Crippen molar-refractivity contribution in [3.05, 3.63) is 11.2 Å². The smallest absolute Gasteiger partial charge is 0.248 e. The molecule has 1 aromatic rings. The second-order valence-corrected chi connectivity index (χ2v) is 4.73. The average Bonchev–Trinajstić information content (AvgIpc) is 2.69. The molecule has 0 bridgehead atoms. The lowest BCUT2D eigenvalue weighted by molar-refractivity contribution is -0.120. The molecule has 1 saturated carbocycles. The second kappa shape index (κ2) is 5.24. The van der Waals surface area contributed by atoms with E-state index in [1.165, 1.54) is 13.2 Å². The van der Waals surface area contributed by atoms with Gasteiger partial charge in [-0.25, -0.2) is 13.8 Å². The first kappa shape index (κ1) is 13.9. The lowest BCUT2D eigenvalue weighted by Gasteiger charge is -2.11. The number of alkyl halides is 2. The Morgan fingerprint density at radius 3 is 2.89 bits per heavy atom. The van der Waals surface area contributed by atoms with Gasteiger partial charge in [0.2, 0.25) is 23.7 Å². The molecule has 1 aliphatic rings. The molecule has 2 rings (SSSR count). The Bertz CT molecular complexity index is 499. The summed E-state index contributed by atoms with van der Waals surface area (Å²) in [6.45, 7) is 0. The third-order valence-corrected chi connectivity index (χ3v) is 3.08. The van der Waals surface area contributed by atoms with Crippen LogP contribution in [0, 0.1) is 5.92 Å². The monoisotopic (exact) mass is 291 g/mol. The molecule has 0 saturated heterocycles. The molecule has 1 heterocycles. The number of aromatic nitrogens is 2. The van der Waals surface area contributed by atoms with Gasteiger partial charge in [0.15, 0.2) is 0 Å². The molecular formula is C11H12ClF2N3O2. The van der Waals surface area contributed by atoms with Crippen LogP contribution in [0.5, 0.6) is 5.88 Å². The fourth-order valence-electron chi connectivity index (χ4n) is 1.94. The SMILES string of the molecule is COc1cc(Cl)nc(NC(=O)C2CCC(F)(F)C2)n1. The Labute approximate surface area is 113 Å². The molecule has 104 valence electrons. The van der Waals surface area contributed by atoms with E-state index in [1.54, 1.807) is 0 Å². The number of halogens is 3. The van der Waals surface area contributed by atoms with Gasteiger partial charge in [-0.15, -0.1) is 0 Å². The summed E-state index contributed by atoms with van der Waals surface area (Å²) in [5.74, 6) is -3.89. The van der Waals surface area contributed by atoms with Crippen molar-refractivity contribution in [2.75, 3.05) is 12.4 Å². The number of amides is 1. The molecule has 1 amide bonds. The number of anilines is 1. The molecule has 0 spiro atoms. The zero-order valence-corrected chi connectivity index (χ0v) is 10.9. The third-order valence-electron chi connectivity index (χ3n) is 2.89. The first-order valence-electron chi connectivity index (χ1n) is 5.67. The topological polar surface area (TPSA) is 64.1 Å².